The Bertz CT molecular complexity index is 319. The molecule has 1 saturated heterocycles. The summed E-state index contributed by atoms with van der Waals surface area (Å²) in [6.07, 6.45) is 0. The van der Waals surface area contributed by atoms with E-state index in [-0.39, 0.29) is 0 Å². The first-order valence-electron chi connectivity index (χ1n) is 2.70. The Morgan fingerprint density at radius 2 is 1.18 bits per heavy atom. The van der Waals surface area contributed by atoms with Gasteiger partial charge in [-0.05, 0) is 0 Å². The van der Waals surface area contributed by atoms with Crippen molar-refractivity contribution in [2.45, 2.75) is 0 Å². The fraction of sp³-hybridized carbons (Fsp3) is 1.00. The molecular weight excluding hydrogens is 192 g/mol. The Hall–Kier alpha value is -0.180. The summed E-state index contributed by atoms with van der Waals surface area (Å²) in [5, 5.41) is -0.826. The average molecular weight is 200 g/mol. The summed E-state index contributed by atoms with van der Waals surface area (Å²) in [5.74, 6) is 0. The van der Waals surface area contributed by atoms with Crippen molar-refractivity contribution >= 4 is 20.0 Å². The molecule has 1 aliphatic rings. The van der Waals surface area contributed by atoms with E-state index < -0.39 is 25.1 Å². The standard InChI is InChI=1S/C3H8N2O4S2/c1-4-5(2)11(8,9)3-10(4,6)7/h3H2,1-2H3. The van der Waals surface area contributed by atoms with Gasteiger partial charge in [0, 0.05) is 14.1 Å². The molecule has 0 amide bonds. The van der Waals surface area contributed by atoms with Crippen molar-refractivity contribution in [3.05, 3.63) is 0 Å². The quantitative estimate of drug-likeness (QED) is 0.472. The highest BCUT2D eigenvalue weighted by Crippen LogP contribution is 2.18. The summed E-state index contributed by atoms with van der Waals surface area (Å²) >= 11 is 0. The van der Waals surface area contributed by atoms with Crippen LogP contribution in [-0.4, -0.2) is 44.8 Å². The van der Waals surface area contributed by atoms with Crippen LogP contribution in [0, 0.1) is 0 Å². The fourth-order valence-corrected chi connectivity index (χ4v) is 4.73. The molecule has 1 aliphatic heterocycles. The van der Waals surface area contributed by atoms with Crippen LogP contribution in [0.25, 0.3) is 0 Å². The number of sulfonamides is 2. The molecule has 1 fully saturated rings. The highest BCUT2D eigenvalue weighted by molar-refractivity contribution is 8.08. The van der Waals surface area contributed by atoms with Crippen LogP contribution in [-0.2, 0) is 20.0 Å². The van der Waals surface area contributed by atoms with Crippen molar-refractivity contribution < 1.29 is 16.8 Å². The summed E-state index contributed by atoms with van der Waals surface area (Å²) < 4.78 is 45.0. The van der Waals surface area contributed by atoms with E-state index in [9.17, 15) is 16.8 Å². The van der Waals surface area contributed by atoms with Crippen molar-refractivity contribution in [3.8, 4) is 0 Å². The molecule has 0 atom stereocenters. The number of hydrogen-bond donors (Lipinski definition) is 0. The van der Waals surface area contributed by atoms with Gasteiger partial charge < -0.3 is 0 Å². The highest BCUT2D eigenvalue weighted by Gasteiger charge is 2.42. The predicted octanol–water partition coefficient (Wildman–Crippen LogP) is -1.60. The maximum Gasteiger partial charge on any atom is 0.243 e. The lowest BCUT2D eigenvalue weighted by Gasteiger charge is -2.13. The summed E-state index contributed by atoms with van der Waals surface area (Å²) in [7, 11) is -4.83. The third-order valence-corrected chi connectivity index (χ3v) is 6.09. The molecule has 0 aliphatic carbocycles. The van der Waals surface area contributed by atoms with Gasteiger partial charge in [0.1, 0.15) is 0 Å². The van der Waals surface area contributed by atoms with Gasteiger partial charge in [-0.2, -0.15) is 0 Å². The van der Waals surface area contributed by atoms with Gasteiger partial charge in [-0.3, -0.25) is 0 Å². The molecule has 0 unspecified atom stereocenters. The van der Waals surface area contributed by atoms with Crippen molar-refractivity contribution in [1.82, 2.24) is 8.83 Å². The van der Waals surface area contributed by atoms with Crippen molar-refractivity contribution in [2.24, 2.45) is 0 Å². The van der Waals surface area contributed by atoms with Crippen LogP contribution < -0.4 is 0 Å². The molecule has 0 saturated carbocycles. The first-order chi connectivity index (χ1) is 4.77. The van der Waals surface area contributed by atoms with Gasteiger partial charge in [-0.25, -0.2) is 16.8 Å². The SMILES string of the molecule is CN1N(C)S(=O)(=O)CS1(=O)=O. The second kappa shape index (κ2) is 2.16. The van der Waals surface area contributed by atoms with E-state index in [1.165, 1.54) is 14.1 Å². The van der Waals surface area contributed by atoms with Gasteiger partial charge in [0.2, 0.25) is 20.0 Å². The van der Waals surface area contributed by atoms with Crippen molar-refractivity contribution in [2.75, 3.05) is 19.2 Å². The van der Waals surface area contributed by atoms with Crippen molar-refractivity contribution in [3.63, 3.8) is 0 Å². The zero-order valence-corrected chi connectivity index (χ0v) is 7.68. The highest BCUT2D eigenvalue weighted by atomic mass is 32.3. The lowest BCUT2D eigenvalue weighted by Crippen LogP contribution is -2.33. The summed E-state index contributed by atoms with van der Waals surface area (Å²) in [5.41, 5.74) is 0. The van der Waals surface area contributed by atoms with Gasteiger partial charge in [0.25, 0.3) is 0 Å². The number of hydrogen-bond acceptors (Lipinski definition) is 4. The third kappa shape index (κ3) is 1.26. The van der Waals surface area contributed by atoms with Gasteiger partial charge in [0.15, 0.2) is 5.08 Å². The Kier molecular flexibility index (Phi) is 1.75. The van der Waals surface area contributed by atoms with Crippen LogP contribution in [0.4, 0.5) is 0 Å². The lowest BCUT2D eigenvalue weighted by atomic mass is 11.4. The molecule has 0 radical (unpaired) electrons. The summed E-state index contributed by atoms with van der Waals surface area (Å²) in [4.78, 5) is 0. The first-order valence-corrected chi connectivity index (χ1v) is 5.92. The number of rotatable bonds is 0. The second-order valence-electron chi connectivity index (χ2n) is 2.21. The minimum absolute atomic E-state index is 0.711. The molecule has 66 valence electrons. The van der Waals surface area contributed by atoms with Crippen LogP contribution in [0.3, 0.4) is 0 Å². The van der Waals surface area contributed by atoms with Gasteiger partial charge in [-0.15, -0.1) is 8.83 Å². The smallest absolute Gasteiger partial charge is 0.210 e. The molecule has 0 bridgehead atoms. The molecule has 1 rings (SSSR count). The largest absolute Gasteiger partial charge is 0.243 e. The fourth-order valence-electron chi connectivity index (χ4n) is 0.691. The van der Waals surface area contributed by atoms with E-state index in [2.05, 4.69) is 0 Å². The second-order valence-corrected chi connectivity index (χ2v) is 6.54. The van der Waals surface area contributed by atoms with Crippen LogP contribution in [0.5, 0.6) is 0 Å². The molecule has 0 aromatic heterocycles. The molecule has 0 aromatic rings. The first kappa shape index (κ1) is 8.91. The van der Waals surface area contributed by atoms with Gasteiger partial charge in [0.05, 0.1) is 0 Å². The van der Waals surface area contributed by atoms with E-state index in [0.717, 1.165) is 0 Å². The van der Waals surface area contributed by atoms with E-state index >= 15 is 0 Å². The molecule has 1 heterocycles. The van der Waals surface area contributed by atoms with E-state index in [1.54, 1.807) is 0 Å². The number of nitrogens with zero attached hydrogens (tertiary/aromatic N) is 2. The topological polar surface area (TPSA) is 74.8 Å². The van der Waals surface area contributed by atoms with E-state index in [0.29, 0.717) is 8.83 Å². The Morgan fingerprint density at radius 3 is 1.27 bits per heavy atom. The molecule has 8 heteroatoms. The van der Waals surface area contributed by atoms with Gasteiger partial charge in [-0.1, -0.05) is 0 Å². The van der Waals surface area contributed by atoms with Crippen LogP contribution in [0.15, 0.2) is 0 Å². The summed E-state index contributed by atoms with van der Waals surface area (Å²) in [6.45, 7) is 0. The van der Waals surface area contributed by atoms with E-state index in [4.69, 9.17) is 0 Å². The zero-order chi connectivity index (χ0) is 8.86. The molecule has 0 spiro atoms. The molecule has 0 aromatic carbocycles. The molecule has 0 N–H and O–H groups in total. The molecule has 11 heavy (non-hydrogen) atoms. The third-order valence-electron chi connectivity index (χ3n) is 1.50. The minimum atomic E-state index is -3.61. The van der Waals surface area contributed by atoms with Crippen LogP contribution >= 0.6 is 0 Å². The Labute approximate surface area is 65.5 Å². The van der Waals surface area contributed by atoms with Gasteiger partial charge >= 0.3 is 0 Å². The van der Waals surface area contributed by atoms with Crippen molar-refractivity contribution in [1.29, 1.82) is 0 Å². The zero-order valence-electron chi connectivity index (χ0n) is 6.05. The Morgan fingerprint density at radius 1 is 0.909 bits per heavy atom. The Balaban J connectivity index is 3.27. The van der Waals surface area contributed by atoms with E-state index in [1.807, 2.05) is 0 Å². The average Bonchev–Trinajstić information content (AvgIpc) is 1.91. The number of hydrazine groups is 1. The molecule has 6 nitrogen and oxygen atoms in total. The van der Waals surface area contributed by atoms with Crippen LogP contribution in [0.2, 0.25) is 0 Å². The predicted molar refractivity (Wildman–Crippen MR) is 38.2 cm³/mol. The lowest BCUT2D eigenvalue weighted by molar-refractivity contribution is 0.249. The normalized spacial score (nSPS) is 30.7. The monoisotopic (exact) mass is 200 g/mol. The maximum absolute atomic E-state index is 10.9. The maximum atomic E-state index is 10.9. The summed E-state index contributed by atoms with van der Waals surface area (Å²) in [6, 6.07) is 0. The minimum Gasteiger partial charge on any atom is -0.210 e. The van der Waals surface area contributed by atoms with Crippen LogP contribution in [0.1, 0.15) is 0 Å². The molecular formula is C3H8N2O4S2.